The van der Waals surface area contributed by atoms with E-state index in [1.807, 2.05) is 20.8 Å². The molecule has 1 unspecified atom stereocenters. The van der Waals surface area contributed by atoms with Crippen LogP contribution in [0.4, 0.5) is 4.79 Å². The molecule has 0 saturated carbocycles. The van der Waals surface area contributed by atoms with Crippen LogP contribution in [0.25, 0.3) is 0 Å². The maximum absolute atomic E-state index is 13.1. The van der Waals surface area contributed by atoms with E-state index in [4.69, 9.17) is 29.4 Å². The summed E-state index contributed by atoms with van der Waals surface area (Å²) < 4.78 is 24.2. The van der Waals surface area contributed by atoms with Crippen molar-refractivity contribution >= 4 is 14.4 Å². The second-order valence-electron chi connectivity index (χ2n) is 11.7. The molecule has 0 spiro atoms. The van der Waals surface area contributed by atoms with Crippen LogP contribution in [0.3, 0.4) is 0 Å². The Bertz CT molecular complexity index is 598. The van der Waals surface area contributed by atoms with Crippen LogP contribution in [0.5, 0.6) is 0 Å². The van der Waals surface area contributed by atoms with E-state index in [-0.39, 0.29) is 42.1 Å². The van der Waals surface area contributed by atoms with E-state index in [0.29, 0.717) is 19.6 Å². The lowest BCUT2D eigenvalue weighted by Gasteiger charge is -2.38. The molecule has 32 heavy (non-hydrogen) atoms. The Morgan fingerprint density at radius 3 is 2.38 bits per heavy atom. The molecule has 2 aliphatic heterocycles. The number of hydrogen-bond donors (Lipinski definition) is 1. The van der Waals surface area contributed by atoms with E-state index >= 15 is 0 Å². The highest BCUT2D eigenvalue weighted by Crippen LogP contribution is 2.40. The molecule has 2 rings (SSSR count). The lowest BCUT2D eigenvalue weighted by atomic mass is 9.98. The van der Waals surface area contributed by atoms with E-state index in [1.165, 1.54) is 0 Å². The van der Waals surface area contributed by atoms with Crippen molar-refractivity contribution in [2.75, 3.05) is 26.4 Å². The molecule has 0 aromatic carbocycles. The van der Waals surface area contributed by atoms with Gasteiger partial charge >= 0.3 is 6.09 Å². The monoisotopic (exact) mass is 474 g/mol. The third-order valence-electron chi connectivity index (χ3n) is 6.69. The number of ether oxygens (including phenoxy) is 3. The number of rotatable bonds is 8. The molecule has 2 aliphatic rings. The molecule has 188 valence electrons. The van der Waals surface area contributed by atoms with Crippen LogP contribution in [-0.2, 0) is 23.5 Å². The number of carbonyl (C=O) groups is 1. The summed E-state index contributed by atoms with van der Waals surface area (Å²) in [5.41, 5.74) is -0.577. The average Bonchev–Trinajstić information content (AvgIpc) is 3.07. The summed E-state index contributed by atoms with van der Waals surface area (Å²) in [7, 11) is -2.00. The van der Waals surface area contributed by atoms with E-state index in [0.717, 1.165) is 25.9 Å². The Kier molecular flexibility index (Phi) is 9.59. The van der Waals surface area contributed by atoms with E-state index < -0.39 is 13.9 Å². The SMILES string of the molecule is CC(C)(C)OC(=O)N1C[C@H](O[Si](C)(C)C(C)(C)C)C[C@H]1[C@@H](CON)COC1CCCCO1. The van der Waals surface area contributed by atoms with Gasteiger partial charge in [-0.2, -0.15) is 0 Å². The van der Waals surface area contributed by atoms with Gasteiger partial charge in [0.05, 0.1) is 19.3 Å². The van der Waals surface area contributed by atoms with Crippen LogP contribution in [0.1, 0.15) is 67.2 Å². The molecule has 0 bridgehead atoms. The van der Waals surface area contributed by atoms with Gasteiger partial charge in [-0.15, -0.1) is 0 Å². The van der Waals surface area contributed by atoms with Crippen LogP contribution in [0.15, 0.2) is 0 Å². The fourth-order valence-corrected chi connectivity index (χ4v) is 5.31. The number of amides is 1. The normalized spacial score (nSPS) is 26.3. The molecule has 2 saturated heterocycles. The minimum Gasteiger partial charge on any atom is -0.444 e. The van der Waals surface area contributed by atoms with E-state index in [2.05, 4.69) is 33.9 Å². The molecule has 2 N–H and O–H groups in total. The first-order valence-electron chi connectivity index (χ1n) is 12.0. The first kappa shape index (κ1) is 27.5. The second kappa shape index (κ2) is 11.1. The molecule has 0 aliphatic carbocycles. The predicted octanol–water partition coefficient (Wildman–Crippen LogP) is 4.44. The Balaban J connectivity index is 2.16. The van der Waals surface area contributed by atoms with Gasteiger partial charge in [0.25, 0.3) is 0 Å². The van der Waals surface area contributed by atoms with E-state index in [9.17, 15) is 4.79 Å². The number of hydrogen-bond acceptors (Lipinski definition) is 7. The summed E-state index contributed by atoms with van der Waals surface area (Å²) in [6, 6.07) is -0.147. The standard InChI is InChI=1S/C23H46N2O6Si/c1-22(2,3)30-21(26)25-14-18(31-32(7,8)23(4,5)6)13-19(25)17(16-29-24)15-28-20-11-9-10-12-27-20/h17-20H,9-16,24H2,1-8H3/t17-,18-,19+,20?/m1/s1. The molecule has 9 heteroatoms. The maximum Gasteiger partial charge on any atom is 0.410 e. The van der Waals surface area contributed by atoms with Gasteiger partial charge in [0, 0.05) is 25.1 Å². The smallest absolute Gasteiger partial charge is 0.410 e. The van der Waals surface area contributed by atoms with Gasteiger partial charge in [0.2, 0.25) is 0 Å². The summed E-state index contributed by atoms with van der Waals surface area (Å²) in [5, 5.41) is 0.0863. The number of likely N-dealkylation sites (tertiary alicyclic amines) is 1. The lowest BCUT2D eigenvalue weighted by molar-refractivity contribution is -0.175. The van der Waals surface area contributed by atoms with Gasteiger partial charge in [0.15, 0.2) is 14.6 Å². The number of nitrogens with zero attached hydrogens (tertiary/aromatic N) is 1. The van der Waals surface area contributed by atoms with Crippen molar-refractivity contribution in [3.63, 3.8) is 0 Å². The van der Waals surface area contributed by atoms with Crippen molar-refractivity contribution in [2.45, 2.75) is 109 Å². The number of carbonyl (C=O) groups excluding carboxylic acids is 1. The molecular formula is C23H46N2O6Si. The zero-order valence-electron chi connectivity index (χ0n) is 21.4. The summed E-state index contributed by atoms with van der Waals surface area (Å²) in [4.78, 5) is 19.9. The molecule has 4 atom stereocenters. The fourth-order valence-electron chi connectivity index (χ4n) is 3.95. The summed E-state index contributed by atoms with van der Waals surface area (Å²) in [6.07, 6.45) is 3.15. The molecule has 0 aromatic heterocycles. The van der Waals surface area contributed by atoms with Crippen molar-refractivity contribution in [1.82, 2.24) is 4.90 Å². The molecular weight excluding hydrogens is 428 g/mol. The van der Waals surface area contributed by atoms with Crippen molar-refractivity contribution < 1.29 is 28.3 Å². The Morgan fingerprint density at radius 1 is 1.16 bits per heavy atom. The van der Waals surface area contributed by atoms with Crippen LogP contribution >= 0.6 is 0 Å². The van der Waals surface area contributed by atoms with Crippen molar-refractivity contribution in [2.24, 2.45) is 11.8 Å². The second-order valence-corrected chi connectivity index (χ2v) is 16.4. The summed E-state index contributed by atoms with van der Waals surface area (Å²) in [6.45, 7) is 18.7. The first-order valence-corrected chi connectivity index (χ1v) is 14.9. The first-order chi connectivity index (χ1) is 14.7. The molecule has 2 fully saturated rings. The maximum atomic E-state index is 13.1. The zero-order valence-corrected chi connectivity index (χ0v) is 22.4. The van der Waals surface area contributed by atoms with Gasteiger partial charge in [-0.3, -0.25) is 0 Å². The topological polar surface area (TPSA) is 92.5 Å². The van der Waals surface area contributed by atoms with Crippen LogP contribution in [-0.4, -0.2) is 69.7 Å². The number of nitrogens with two attached hydrogens (primary N) is 1. The lowest BCUT2D eigenvalue weighted by Crippen LogP contribution is -2.46. The van der Waals surface area contributed by atoms with Gasteiger partial charge in [-0.05, 0) is 64.6 Å². The average molecular weight is 475 g/mol. The minimum absolute atomic E-state index is 0.0559. The van der Waals surface area contributed by atoms with Gasteiger partial charge in [-0.1, -0.05) is 20.8 Å². The fraction of sp³-hybridized carbons (Fsp3) is 0.957. The summed E-state index contributed by atoms with van der Waals surface area (Å²) in [5.74, 6) is 5.37. The van der Waals surface area contributed by atoms with Crippen LogP contribution in [0.2, 0.25) is 18.1 Å². The highest BCUT2D eigenvalue weighted by molar-refractivity contribution is 6.74. The molecule has 0 aromatic rings. The molecule has 2 heterocycles. The largest absolute Gasteiger partial charge is 0.444 e. The quantitative estimate of drug-likeness (QED) is 0.411. The third-order valence-corrected chi connectivity index (χ3v) is 11.2. The van der Waals surface area contributed by atoms with Gasteiger partial charge < -0.3 is 28.4 Å². The van der Waals surface area contributed by atoms with E-state index in [1.54, 1.807) is 4.90 Å². The molecule has 0 radical (unpaired) electrons. The van der Waals surface area contributed by atoms with Crippen molar-refractivity contribution in [3.05, 3.63) is 0 Å². The Hall–Kier alpha value is -0.713. The summed E-state index contributed by atoms with van der Waals surface area (Å²) >= 11 is 0. The highest BCUT2D eigenvalue weighted by Gasteiger charge is 2.46. The van der Waals surface area contributed by atoms with Crippen molar-refractivity contribution in [1.29, 1.82) is 0 Å². The van der Waals surface area contributed by atoms with Gasteiger partial charge in [0.1, 0.15) is 5.60 Å². The zero-order chi connectivity index (χ0) is 24.2. The Morgan fingerprint density at radius 2 is 1.84 bits per heavy atom. The molecule has 1 amide bonds. The molecule has 8 nitrogen and oxygen atoms in total. The highest BCUT2D eigenvalue weighted by atomic mass is 28.4. The van der Waals surface area contributed by atoms with Gasteiger partial charge in [-0.25, -0.2) is 10.7 Å². The van der Waals surface area contributed by atoms with Crippen LogP contribution in [0, 0.1) is 5.92 Å². The van der Waals surface area contributed by atoms with Crippen molar-refractivity contribution in [3.8, 4) is 0 Å². The third kappa shape index (κ3) is 7.95. The predicted molar refractivity (Wildman–Crippen MR) is 127 cm³/mol. The minimum atomic E-state index is -2.00. The van der Waals surface area contributed by atoms with Crippen LogP contribution < -0.4 is 5.90 Å². The Labute approximate surface area is 195 Å².